The first-order valence-corrected chi connectivity index (χ1v) is 11.7. The van der Waals surface area contributed by atoms with Gasteiger partial charge in [-0.15, -0.1) is 0 Å². The summed E-state index contributed by atoms with van der Waals surface area (Å²) < 4.78 is 25.8. The molecule has 2 aliphatic carbocycles. The Kier molecular flexibility index (Phi) is 6.18. The molecule has 1 heterocycles. The lowest BCUT2D eigenvalue weighted by Crippen LogP contribution is -2.09. The molecule has 0 aliphatic heterocycles. The van der Waals surface area contributed by atoms with Gasteiger partial charge in [0.15, 0.2) is 0 Å². The van der Waals surface area contributed by atoms with Crippen molar-refractivity contribution in [3.8, 4) is 22.8 Å². The van der Waals surface area contributed by atoms with E-state index in [-0.39, 0.29) is 30.7 Å². The van der Waals surface area contributed by atoms with E-state index in [4.69, 9.17) is 14.5 Å². The summed E-state index contributed by atoms with van der Waals surface area (Å²) in [5.41, 5.74) is 3.39. The van der Waals surface area contributed by atoms with Crippen LogP contribution >= 0.6 is 0 Å². The van der Waals surface area contributed by atoms with Crippen molar-refractivity contribution in [2.24, 2.45) is 5.92 Å². The highest BCUT2D eigenvalue weighted by molar-refractivity contribution is 5.68. The van der Waals surface area contributed by atoms with E-state index >= 15 is 0 Å². The minimum atomic E-state index is -0.779. The predicted molar refractivity (Wildman–Crippen MR) is 124 cm³/mol. The van der Waals surface area contributed by atoms with Gasteiger partial charge in [0.25, 0.3) is 0 Å². The highest BCUT2D eigenvalue weighted by atomic mass is 19.1. The second kappa shape index (κ2) is 9.41. The number of ether oxygens (including phenoxy) is 2. The van der Waals surface area contributed by atoms with Gasteiger partial charge in [0.2, 0.25) is 0 Å². The molecule has 1 N–H and O–H groups in total. The van der Waals surface area contributed by atoms with E-state index in [0.717, 1.165) is 36.9 Å². The number of nitrogens with zero attached hydrogens (tertiary/aromatic N) is 2. The van der Waals surface area contributed by atoms with Gasteiger partial charge in [0.05, 0.1) is 36.8 Å². The summed E-state index contributed by atoms with van der Waals surface area (Å²) in [5.74, 6) is 0.822. The third-order valence-corrected chi connectivity index (χ3v) is 6.50. The van der Waals surface area contributed by atoms with Crippen molar-refractivity contribution in [3.05, 3.63) is 71.4 Å². The number of rotatable bonds is 10. The number of benzene rings is 2. The smallest absolute Gasteiger partial charge is 0.303 e. The monoisotopic (exact) mass is 462 g/mol. The summed E-state index contributed by atoms with van der Waals surface area (Å²) in [7, 11) is 1.55. The zero-order chi connectivity index (χ0) is 23.7. The molecule has 5 rings (SSSR count). The van der Waals surface area contributed by atoms with Crippen molar-refractivity contribution in [3.63, 3.8) is 0 Å². The molecule has 2 saturated carbocycles. The van der Waals surface area contributed by atoms with Crippen molar-refractivity contribution in [1.82, 2.24) is 9.97 Å². The molecule has 2 aliphatic rings. The number of carboxylic acid groups (broad SMARTS) is 1. The van der Waals surface area contributed by atoms with E-state index in [1.54, 1.807) is 25.4 Å². The zero-order valence-electron chi connectivity index (χ0n) is 19.0. The summed E-state index contributed by atoms with van der Waals surface area (Å²) in [5, 5.41) is 9.29. The van der Waals surface area contributed by atoms with Gasteiger partial charge >= 0.3 is 5.97 Å². The third kappa shape index (κ3) is 5.03. The lowest BCUT2D eigenvalue weighted by Gasteiger charge is -2.16. The molecular weight excluding hydrogens is 435 g/mol. The molecule has 0 radical (unpaired) electrons. The average molecular weight is 463 g/mol. The van der Waals surface area contributed by atoms with Crippen LogP contribution in [0.4, 0.5) is 4.39 Å². The number of methoxy groups -OCH3 is 1. The van der Waals surface area contributed by atoms with E-state index in [2.05, 4.69) is 4.98 Å². The van der Waals surface area contributed by atoms with Crippen LogP contribution in [0.1, 0.15) is 60.9 Å². The molecule has 1 unspecified atom stereocenters. The number of carboxylic acids is 1. The second-order valence-corrected chi connectivity index (χ2v) is 9.12. The maximum Gasteiger partial charge on any atom is 0.303 e. The Balaban J connectivity index is 1.35. The molecule has 2 aromatic carbocycles. The van der Waals surface area contributed by atoms with E-state index in [1.165, 1.54) is 6.07 Å². The Bertz CT molecular complexity index is 1210. The second-order valence-electron chi connectivity index (χ2n) is 9.12. The first kappa shape index (κ1) is 22.3. The predicted octanol–water partition coefficient (Wildman–Crippen LogP) is 5.72. The fraction of sp³-hybridized carbons (Fsp3) is 0.370. The standard InChI is InChI=1S/C27H27FN2O4/c1-33-20-9-10-24(28)23(12-20)27-26(17-7-8-17)30-19(14-29-27)15-34-21-4-2-3-18(11-21)22(13-25(31)32)16-5-6-16/h2-4,9-12,14,16-17,22H,5-8,13,15H2,1H3,(H,31,32). The van der Waals surface area contributed by atoms with Gasteiger partial charge < -0.3 is 14.6 Å². The fourth-order valence-corrected chi connectivity index (χ4v) is 4.41. The van der Waals surface area contributed by atoms with Crippen LogP contribution in [-0.4, -0.2) is 28.2 Å². The molecule has 7 heteroatoms. The summed E-state index contributed by atoms with van der Waals surface area (Å²) in [4.78, 5) is 20.7. The summed E-state index contributed by atoms with van der Waals surface area (Å²) in [6, 6.07) is 12.3. The maximum atomic E-state index is 14.6. The van der Waals surface area contributed by atoms with E-state index in [0.29, 0.717) is 34.4 Å². The molecule has 0 spiro atoms. The van der Waals surface area contributed by atoms with Crippen molar-refractivity contribution >= 4 is 5.97 Å². The summed E-state index contributed by atoms with van der Waals surface area (Å²) in [6.45, 7) is 0.226. The van der Waals surface area contributed by atoms with Crippen molar-refractivity contribution in [2.75, 3.05) is 7.11 Å². The molecule has 2 fully saturated rings. The minimum Gasteiger partial charge on any atom is -0.497 e. The Morgan fingerprint density at radius 1 is 1.15 bits per heavy atom. The van der Waals surface area contributed by atoms with Gasteiger partial charge in [-0.1, -0.05) is 12.1 Å². The van der Waals surface area contributed by atoms with Gasteiger partial charge in [0, 0.05) is 11.5 Å². The molecule has 0 bridgehead atoms. The van der Waals surface area contributed by atoms with Crippen molar-refractivity contribution < 1.29 is 23.8 Å². The average Bonchev–Trinajstić information content (AvgIpc) is 3.75. The quantitative estimate of drug-likeness (QED) is 0.415. The molecule has 0 saturated heterocycles. The fourth-order valence-electron chi connectivity index (χ4n) is 4.41. The molecular formula is C27H27FN2O4. The van der Waals surface area contributed by atoms with Crippen LogP contribution in [0, 0.1) is 11.7 Å². The molecule has 1 atom stereocenters. The van der Waals surface area contributed by atoms with Gasteiger partial charge in [-0.25, -0.2) is 4.39 Å². The van der Waals surface area contributed by atoms with Gasteiger partial charge in [-0.05, 0) is 73.4 Å². The van der Waals surface area contributed by atoms with E-state index < -0.39 is 5.97 Å². The maximum absolute atomic E-state index is 14.6. The number of aromatic nitrogens is 2. The van der Waals surface area contributed by atoms with Crippen molar-refractivity contribution in [2.45, 2.75) is 50.5 Å². The third-order valence-electron chi connectivity index (χ3n) is 6.50. The van der Waals surface area contributed by atoms with Crippen LogP contribution in [0.5, 0.6) is 11.5 Å². The van der Waals surface area contributed by atoms with Crippen LogP contribution in [0.2, 0.25) is 0 Å². The van der Waals surface area contributed by atoms with E-state index in [9.17, 15) is 14.3 Å². The number of aliphatic carboxylic acids is 1. The van der Waals surface area contributed by atoms with Crippen molar-refractivity contribution in [1.29, 1.82) is 0 Å². The molecule has 176 valence electrons. The largest absolute Gasteiger partial charge is 0.497 e. The SMILES string of the molecule is COc1ccc(F)c(-c2ncc(COc3cccc(C(CC(=O)O)C4CC4)c3)nc2C2CC2)c1. The molecule has 34 heavy (non-hydrogen) atoms. The minimum absolute atomic E-state index is 0.0133. The van der Waals surface area contributed by atoms with E-state index in [1.807, 2.05) is 24.3 Å². The number of hydrogen-bond donors (Lipinski definition) is 1. The highest BCUT2D eigenvalue weighted by Gasteiger charge is 2.34. The summed E-state index contributed by atoms with van der Waals surface area (Å²) >= 11 is 0. The Labute approximate surface area is 197 Å². The lowest BCUT2D eigenvalue weighted by atomic mass is 9.91. The Hall–Kier alpha value is -3.48. The first-order valence-electron chi connectivity index (χ1n) is 11.7. The van der Waals surface area contributed by atoms with Crippen LogP contribution in [0.15, 0.2) is 48.7 Å². The molecule has 6 nitrogen and oxygen atoms in total. The molecule has 1 aromatic heterocycles. The van der Waals surface area contributed by atoms with Crippen LogP contribution < -0.4 is 9.47 Å². The van der Waals surface area contributed by atoms with Crippen LogP contribution in [0.25, 0.3) is 11.3 Å². The normalized spacial score (nSPS) is 16.2. The van der Waals surface area contributed by atoms with Crippen LogP contribution in [0.3, 0.4) is 0 Å². The first-order chi connectivity index (χ1) is 16.5. The van der Waals surface area contributed by atoms with Gasteiger partial charge in [-0.2, -0.15) is 0 Å². The number of hydrogen-bond acceptors (Lipinski definition) is 5. The number of halogens is 1. The Morgan fingerprint density at radius 3 is 2.68 bits per heavy atom. The lowest BCUT2D eigenvalue weighted by molar-refractivity contribution is -0.137. The van der Waals surface area contributed by atoms with Gasteiger partial charge in [0.1, 0.15) is 23.9 Å². The van der Waals surface area contributed by atoms with Gasteiger partial charge in [-0.3, -0.25) is 14.8 Å². The molecule has 0 amide bonds. The summed E-state index contributed by atoms with van der Waals surface area (Å²) in [6.07, 6.45) is 5.91. The molecule has 3 aromatic rings. The zero-order valence-corrected chi connectivity index (χ0v) is 19.0. The Morgan fingerprint density at radius 2 is 1.97 bits per heavy atom. The topological polar surface area (TPSA) is 81.5 Å². The van der Waals surface area contributed by atoms with Crippen LogP contribution in [-0.2, 0) is 11.4 Å². The highest BCUT2D eigenvalue weighted by Crippen LogP contribution is 2.45. The number of carbonyl (C=O) groups is 1.